The molecule has 0 aromatic carbocycles. The number of amides is 2. The van der Waals surface area contributed by atoms with Crippen molar-refractivity contribution in [1.29, 1.82) is 0 Å². The zero-order chi connectivity index (χ0) is 11.5. The SMILES string of the molecule is O=C1CC(C(=O)NC2CCCC2CO)CN1. The predicted octanol–water partition coefficient (Wildman–Crippen LogP) is -0.600. The van der Waals surface area contributed by atoms with E-state index < -0.39 is 0 Å². The van der Waals surface area contributed by atoms with Gasteiger partial charge >= 0.3 is 0 Å². The number of hydrogen-bond donors (Lipinski definition) is 3. The zero-order valence-corrected chi connectivity index (χ0v) is 9.24. The fourth-order valence-corrected chi connectivity index (χ4v) is 2.54. The third-order valence-electron chi connectivity index (χ3n) is 3.57. The van der Waals surface area contributed by atoms with Crippen LogP contribution in [-0.2, 0) is 9.59 Å². The van der Waals surface area contributed by atoms with E-state index in [1.54, 1.807) is 0 Å². The summed E-state index contributed by atoms with van der Waals surface area (Å²) in [6.45, 7) is 0.577. The van der Waals surface area contributed by atoms with E-state index in [9.17, 15) is 9.59 Å². The molecule has 1 aliphatic heterocycles. The molecule has 3 N–H and O–H groups in total. The van der Waals surface area contributed by atoms with Gasteiger partial charge in [0.05, 0.1) is 5.92 Å². The second-order valence-electron chi connectivity index (χ2n) is 4.69. The third-order valence-corrected chi connectivity index (χ3v) is 3.57. The van der Waals surface area contributed by atoms with Crippen LogP contribution in [0.25, 0.3) is 0 Å². The van der Waals surface area contributed by atoms with Crippen LogP contribution in [0.3, 0.4) is 0 Å². The van der Waals surface area contributed by atoms with Crippen LogP contribution < -0.4 is 10.6 Å². The fraction of sp³-hybridized carbons (Fsp3) is 0.818. The van der Waals surface area contributed by atoms with Gasteiger partial charge in [0.2, 0.25) is 11.8 Å². The van der Waals surface area contributed by atoms with Gasteiger partial charge in [-0.25, -0.2) is 0 Å². The maximum Gasteiger partial charge on any atom is 0.225 e. The summed E-state index contributed by atoms with van der Waals surface area (Å²) in [4.78, 5) is 22.8. The largest absolute Gasteiger partial charge is 0.396 e. The molecule has 2 amide bonds. The summed E-state index contributed by atoms with van der Waals surface area (Å²) in [6.07, 6.45) is 3.26. The number of carbonyl (C=O) groups is 2. The fourth-order valence-electron chi connectivity index (χ4n) is 2.54. The van der Waals surface area contributed by atoms with E-state index in [4.69, 9.17) is 5.11 Å². The van der Waals surface area contributed by atoms with Gasteiger partial charge in [0.25, 0.3) is 0 Å². The molecule has 5 nitrogen and oxygen atoms in total. The minimum atomic E-state index is -0.229. The Morgan fingerprint density at radius 1 is 1.50 bits per heavy atom. The van der Waals surface area contributed by atoms with Crippen molar-refractivity contribution >= 4 is 11.8 Å². The van der Waals surface area contributed by atoms with Crippen LogP contribution in [-0.4, -0.2) is 36.1 Å². The highest BCUT2D eigenvalue weighted by Crippen LogP contribution is 2.25. The molecule has 90 valence electrons. The van der Waals surface area contributed by atoms with Crippen molar-refractivity contribution in [3.05, 3.63) is 0 Å². The molecule has 2 rings (SSSR count). The summed E-state index contributed by atoms with van der Waals surface area (Å²) in [6, 6.07) is 0.0909. The highest BCUT2D eigenvalue weighted by molar-refractivity contribution is 5.89. The molecule has 0 aromatic rings. The average Bonchev–Trinajstić information content (AvgIpc) is 2.86. The summed E-state index contributed by atoms with van der Waals surface area (Å²) in [5.74, 6) is -0.143. The van der Waals surface area contributed by atoms with Crippen molar-refractivity contribution in [3.63, 3.8) is 0 Å². The number of rotatable bonds is 3. The zero-order valence-electron chi connectivity index (χ0n) is 9.24. The average molecular weight is 226 g/mol. The van der Waals surface area contributed by atoms with Gasteiger partial charge in [-0.15, -0.1) is 0 Å². The maximum atomic E-state index is 11.8. The van der Waals surface area contributed by atoms with Crippen LogP contribution in [0.15, 0.2) is 0 Å². The highest BCUT2D eigenvalue weighted by atomic mass is 16.3. The minimum Gasteiger partial charge on any atom is -0.396 e. The molecule has 1 saturated carbocycles. The van der Waals surface area contributed by atoms with Crippen LogP contribution in [0.4, 0.5) is 0 Å². The third kappa shape index (κ3) is 2.35. The number of nitrogens with one attached hydrogen (secondary N) is 2. The van der Waals surface area contributed by atoms with Crippen LogP contribution >= 0.6 is 0 Å². The number of aliphatic hydroxyl groups excluding tert-OH is 1. The monoisotopic (exact) mass is 226 g/mol. The molecule has 0 bridgehead atoms. The molecule has 3 atom stereocenters. The van der Waals surface area contributed by atoms with Gasteiger partial charge in [0.15, 0.2) is 0 Å². The molecule has 2 aliphatic rings. The van der Waals surface area contributed by atoms with Crippen LogP contribution in [0.1, 0.15) is 25.7 Å². The van der Waals surface area contributed by atoms with Crippen molar-refractivity contribution in [3.8, 4) is 0 Å². The van der Waals surface area contributed by atoms with Crippen LogP contribution in [0, 0.1) is 11.8 Å². The molecule has 3 unspecified atom stereocenters. The Morgan fingerprint density at radius 3 is 2.94 bits per heavy atom. The Bertz CT molecular complexity index is 293. The van der Waals surface area contributed by atoms with Gasteiger partial charge in [-0.05, 0) is 12.8 Å². The Kier molecular flexibility index (Phi) is 3.43. The maximum absolute atomic E-state index is 11.8. The predicted molar refractivity (Wildman–Crippen MR) is 57.5 cm³/mol. The van der Waals surface area contributed by atoms with E-state index in [0.29, 0.717) is 13.0 Å². The molecular weight excluding hydrogens is 208 g/mol. The Balaban J connectivity index is 1.84. The molecule has 0 spiro atoms. The summed E-state index contributed by atoms with van der Waals surface area (Å²) in [5, 5.41) is 14.7. The van der Waals surface area contributed by atoms with E-state index in [-0.39, 0.29) is 36.3 Å². The number of aliphatic hydroxyl groups is 1. The van der Waals surface area contributed by atoms with Crippen LogP contribution in [0.5, 0.6) is 0 Å². The van der Waals surface area contributed by atoms with Gasteiger partial charge < -0.3 is 15.7 Å². The minimum absolute atomic E-state index is 0.0507. The van der Waals surface area contributed by atoms with E-state index in [1.165, 1.54) is 0 Å². The van der Waals surface area contributed by atoms with Crippen molar-refractivity contribution in [2.75, 3.05) is 13.2 Å². The first-order valence-corrected chi connectivity index (χ1v) is 5.88. The van der Waals surface area contributed by atoms with Crippen molar-refractivity contribution in [2.45, 2.75) is 31.7 Å². The van der Waals surface area contributed by atoms with E-state index in [2.05, 4.69) is 10.6 Å². The quantitative estimate of drug-likeness (QED) is 0.601. The normalized spacial score (nSPS) is 33.8. The van der Waals surface area contributed by atoms with E-state index in [1.807, 2.05) is 0 Å². The van der Waals surface area contributed by atoms with Gasteiger partial charge in [0.1, 0.15) is 0 Å². The standard InChI is InChI=1S/C11H18N2O3/c14-6-7-2-1-3-9(7)13-11(16)8-4-10(15)12-5-8/h7-9,14H,1-6H2,(H,12,15)(H,13,16). The lowest BCUT2D eigenvalue weighted by atomic mass is 10.0. The first kappa shape index (κ1) is 11.4. The Morgan fingerprint density at radius 2 is 2.31 bits per heavy atom. The first-order chi connectivity index (χ1) is 7.70. The molecule has 5 heteroatoms. The van der Waals surface area contributed by atoms with Crippen molar-refractivity contribution in [2.24, 2.45) is 11.8 Å². The molecular formula is C11H18N2O3. The topological polar surface area (TPSA) is 78.4 Å². The molecule has 1 saturated heterocycles. The second-order valence-corrected chi connectivity index (χ2v) is 4.69. The number of hydrogen-bond acceptors (Lipinski definition) is 3. The number of carbonyl (C=O) groups excluding carboxylic acids is 2. The smallest absolute Gasteiger partial charge is 0.225 e. The summed E-state index contributed by atoms with van der Waals surface area (Å²) in [5.41, 5.74) is 0. The van der Waals surface area contributed by atoms with Gasteiger partial charge in [-0.3, -0.25) is 9.59 Å². The van der Waals surface area contributed by atoms with Crippen molar-refractivity contribution in [1.82, 2.24) is 10.6 Å². The summed E-state index contributed by atoms with van der Waals surface area (Å²) in [7, 11) is 0. The molecule has 0 aromatic heterocycles. The molecule has 1 heterocycles. The molecule has 0 radical (unpaired) electrons. The lowest BCUT2D eigenvalue weighted by Crippen LogP contribution is -2.42. The second kappa shape index (κ2) is 4.82. The van der Waals surface area contributed by atoms with E-state index >= 15 is 0 Å². The lowest BCUT2D eigenvalue weighted by Gasteiger charge is -2.20. The molecule has 16 heavy (non-hydrogen) atoms. The van der Waals surface area contributed by atoms with Gasteiger partial charge in [-0.1, -0.05) is 6.42 Å². The Hall–Kier alpha value is -1.10. The highest BCUT2D eigenvalue weighted by Gasteiger charge is 2.33. The van der Waals surface area contributed by atoms with Crippen molar-refractivity contribution < 1.29 is 14.7 Å². The Labute approximate surface area is 94.6 Å². The first-order valence-electron chi connectivity index (χ1n) is 5.88. The van der Waals surface area contributed by atoms with Gasteiger partial charge in [-0.2, -0.15) is 0 Å². The van der Waals surface area contributed by atoms with E-state index in [0.717, 1.165) is 19.3 Å². The lowest BCUT2D eigenvalue weighted by molar-refractivity contribution is -0.127. The van der Waals surface area contributed by atoms with Gasteiger partial charge in [0, 0.05) is 31.5 Å². The van der Waals surface area contributed by atoms with Crippen LogP contribution in [0.2, 0.25) is 0 Å². The summed E-state index contributed by atoms with van der Waals surface area (Å²) >= 11 is 0. The summed E-state index contributed by atoms with van der Waals surface area (Å²) < 4.78 is 0. The molecule has 1 aliphatic carbocycles. The molecule has 2 fully saturated rings.